The molecule has 0 amide bonds. The molecule has 1 fully saturated rings. The van der Waals surface area contributed by atoms with E-state index in [1.54, 1.807) is 10.8 Å². The van der Waals surface area contributed by atoms with Gasteiger partial charge in [-0.3, -0.25) is 9.36 Å². The lowest BCUT2D eigenvalue weighted by Crippen LogP contribution is -2.45. The van der Waals surface area contributed by atoms with Crippen LogP contribution < -0.4 is 10.4 Å². The number of rotatable bonds is 13. The summed E-state index contributed by atoms with van der Waals surface area (Å²) in [6.45, 7) is 17.7. The van der Waals surface area contributed by atoms with Gasteiger partial charge in [0.25, 0.3) is 5.56 Å². The second-order valence-electron chi connectivity index (χ2n) is 14.0. The lowest BCUT2D eigenvalue weighted by atomic mass is 9.74. The van der Waals surface area contributed by atoms with Gasteiger partial charge in [-0.1, -0.05) is 115 Å². The van der Waals surface area contributed by atoms with Crippen LogP contribution in [0.5, 0.6) is 0 Å². The van der Waals surface area contributed by atoms with Crippen molar-refractivity contribution < 1.29 is 18.5 Å². The largest absolute Gasteiger partial charge is 0.405 e. The summed E-state index contributed by atoms with van der Waals surface area (Å²) in [6, 6.07) is 23.2. The van der Waals surface area contributed by atoms with Crippen molar-refractivity contribution >= 4 is 7.60 Å². The van der Waals surface area contributed by atoms with E-state index in [4.69, 9.17) is 13.9 Å². The summed E-state index contributed by atoms with van der Waals surface area (Å²) in [4.78, 5) is 19.1. The van der Waals surface area contributed by atoms with E-state index in [2.05, 4.69) is 47.6 Å². The number of pyridine rings is 1. The van der Waals surface area contributed by atoms with Gasteiger partial charge in [0.2, 0.25) is 0 Å². The van der Waals surface area contributed by atoms with E-state index in [1.165, 1.54) is 19.3 Å². The highest BCUT2D eigenvalue weighted by Crippen LogP contribution is 2.49. The molecule has 2 aromatic carbocycles. The Morgan fingerprint density at radius 1 is 0.844 bits per heavy atom. The topological polar surface area (TPSA) is 66.8 Å². The molecule has 0 spiro atoms. The molecule has 1 saturated carbocycles. The quantitative estimate of drug-likeness (QED) is 0.175. The van der Waals surface area contributed by atoms with Crippen molar-refractivity contribution in [3.63, 3.8) is 0 Å². The predicted octanol–water partition coefficient (Wildman–Crippen LogP) is 10.1. The van der Waals surface area contributed by atoms with Crippen LogP contribution in [-0.4, -0.2) is 16.5 Å². The minimum Gasteiger partial charge on any atom is -0.405 e. The molecule has 45 heavy (non-hydrogen) atoms. The van der Waals surface area contributed by atoms with Crippen LogP contribution >= 0.6 is 7.60 Å². The molecule has 0 aliphatic heterocycles. The van der Waals surface area contributed by atoms with Crippen molar-refractivity contribution in [3.05, 3.63) is 106 Å². The van der Waals surface area contributed by atoms with Gasteiger partial charge in [0.1, 0.15) is 5.60 Å². The zero-order valence-corrected chi connectivity index (χ0v) is 29.8. The van der Waals surface area contributed by atoms with Crippen LogP contribution in [0.25, 0.3) is 0 Å². The van der Waals surface area contributed by atoms with Crippen molar-refractivity contribution in [2.75, 3.05) is 6.16 Å². The van der Waals surface area contributed by atoms with Crippen LogP contribution in [0.3, 0.4) is 0 Å². The number of benzene rings is 2. The van der Waals surface area contributed by atoms with E-state index in [9.17, 15) is 9.36 Å². The van der Waals surface area contributed by atoms with Crippen molar-refractivity contribution in [2.45, 2.75) is 119 Å². The van der Waals surface area contributed by atoms with Gasteiger partial charge in [0, 0.05) is 18.1 Å². The lowest BCUT2D eigenvalue weighted by molar-refractivity contribution is -0.0694. The molecule has 0 saturated heterocycles. The molecule has 248 valence electrons. The third kappa shape index (κ3) is 11.9. The van der Waals surface area contributed by atoms with E-state index in [0.717, 1.165) is 41.6 Å². The number of aryl methyl sites for hydroxylation is 1. The zero-order chi connectivity index (χ0) is 33.1. The predicted molar refractivity (Wildman–Crippen MR) is 186 cm³/mol. The molecule has 4 rings (SSSR count). The summed E-state index contributed by atoms with van der Waals surface area (Å²) in [7, 11) is -3.03. The standard InChI is InChI=1S/C22H37NO2.C16H19O3P/c1-16(2)21(4,5)15-22(6,7)25-23-19(13-17(3)14-20(23)24)18-11-9-8-10-12-18;1-2-20(17,18-13-15-9-5-3-6-10-15)19-14-16-11-7-4-8-12-16/h13-14,16,18H,8-12,15H2,1-7H3;3-12H,2,13-14H2,1H3. The Morgan fingerprint density at radius 2 is 1.36 bits per heavy atom. The van der Waals surface area contributed by atoms with E-state index >= 15 is 0 Å². The van der Waals surface area contributed by atoms with E-state index in [1.807, 2.05) is 74.5 Å². The molecule has 0 atom stereocenters. The minimum atomic E-state index is -3.03. The summed E-state index contributed by atoms with van der Waals surface area (Å²) < 4.78 is 25.1. The average Bonchev–Trinajstić information content (AvgIpc) is 3.01. The van der Waals surface area contributed by atoms with Gasteiger partial charge >= 0.3 is 7.60 Å². The molecule has 3 aromatic rings. The normalized spacial score (nSPS) is 14.6. The second-order valence-corrected chi connectivity index (χ2v) is 16.4. The van der Waals surface area contributed by atoms with Crippen LogP contribution in [0.1, 0.15) is 115 Å². The highest BCUT2D eigenvalue weighted by Gasteiger charge is 2.34. The Kier molecular flexibility index (Phi) is 13.7. The SMILES string of the molecule is CCP(=O)(OCc1ccccc1)OCc1ccccc1.Cc1cc(C2CCCCC2)n(OC(C)(C)CC(C)(C)C(C)C)c(=O)c1. The highest BCUT2D eigenvalue weighted by molar-refractivity contribution is 7.53. The first-order valence-corrected chi connectivity index (χ1v) is 18.4. The molecule has 0 N–H and O–H groups in total. The fourth-order valence-electron chi connectivity index (χ4n) is 5.79. The number of nitrogens with zero attached hydrogens (tertiary/aromatic N) is 1. The maximum absolute atomic E-state index is 12.7. The first-order chi connectivity index (χ1) is 21.2. The van der Waals surface area contributed by atoms with Crippen LogP contribution in [-0.2, 0) is 26.8 Å². The fraction of sp³-hybridized carbons (Fsp3) is 0.553. The third-order valence-electron chi connectivity index (χ3n) is 8.90. The smallest absolute Gasteiger partial charge is 0.331 e. The summed E-state index contributed by atoms with van der Waals surface area (Å²) in [5, 5.41) is 0. The van der Waals surface area contributed by atoms with Crippen LogP contribution in [0.2, 0.25) is 0 Å². The van der Waals surface area contributed by atoms with E-state index in [0.29, 0.717) is 31.2 Å². The zero-order valence-electron chi connectivity index (χ0n) is 28.9. The monoisotopic (exact) mass is 637 g/mol. The highest BCUT2D eigenvalue weighted by atomic mass is 31.2. The molecule has 7 heteroatoms. The number of hydrogen-bond donors (Lipinski definition) is 0. The minimum absolute atomic E-state index is 0.0315. The number of hydrogen-bond acceptors (Lipinski definition) is 5. The first-order valence-electron chi connectivity index (χ1n) is 16.6. The third-order valence-corrected chi connectivity index (χ3v) is 10.7. The van der Waals surface area contributed by atoms with Crippen molar-refractivity contribution in [1.29, 1.82) is 0 Å². The first kappa shape index (κ1) is 36.8. The maximum Gasteiger partial charge on any atom is 0.331 e. The van der Waals surface area contributed by atoms with E-state index < -0.39 is 13.2 Å². The van der Waals surface area contributed by atoms with Crippen molar-refractivity contribution in [2.24, 2.45) is 11.3 Å². The molecule has 0 unspecified atom stereocenters. The van der Waals surface area contributed by atoms with Gasteiger partial charge in [-0.05, 0) is 74.1 Å². The Morgan fingerprint density at radius 3 is 1.82 bits per heavy atom. The molecular formula is C38H56NO5P. The summed E-state index contributed by atoms with van der Waals surface area (Å²) in [5.41, 5.74) is 3.81. The van der Waals surface area contributed by atoms with Gasteiger partial charge in [-0.15, -0.1) is 4.73 Å². The van der Waals surface area contributed by atoms with Gasteiger partial charge in [-0.25, -0.2) is 0 Å². The molecule has 1 aromatic heterocycles. The average molecular weight is 638 g/mol. The van der Waals surface area contributed by atoms with Crippen LogP contribution in [0.4, 0.5) is 0 Å². The van der Waals surface area contributed by atoms with Gasteiger partial charge < -0.3 is 13.9 Å². The molecule has 1 aliphatic carbocycles. The van der Waals surface area contributed by atoms with Gasteiger partial charge in [-0.2, -0.15) is 0 Å². The maximum atomic E-state index is 12.7. The fourth-order valence-corrected chi connectivity index (χ4v) is 6.92. The molecule has 1 heterocycles. The van der Waals surface area contributed by atoms with Crippen molar-refractivity contribution in [3.8, 4) is 0 Å². The number of aromatic nitrogens is 1. The molecule has 6 nitrogen and oxygen atoms in total. The Labute approximate surface area is 272 Å². The van der Waals surface area contributed by atoms with E-state index in [-0.39, 0.29) is 11.0 Å². The molecular weight excluding hydrogens is 581 g/mol. The molecule has 1 aliphatic rings. The lowest BCUT2D eigenvalue weighted by Gasteiger charge is -2.38. The van der Waals surface area contributed by atoms with Gasteiger partial charge in [0.15, 0.2) is 0 Å². The summed E-state index contributed by atoms with van der Waals surface area (Å²) >= 11 is 0. The Hall–Kier alpha value is -2.66. The van der Waals surface area contributed by atoms with Crippen molar-refractivity contribution in [1.82, 2.24) is 4.73 Å². The molecule has 0 radical (unpaired) electrons. The second kappa shape index (κ2) is 16.8. The summed E-state index contributed by atoms with van der Waals surface area (Å²) in [6.07, 6.45) is 7.39. The Bertz CT molecular complexity index is 1360. The van der Waals surface area contributed by atoms with Gasteiger partial charge in [0.05, 0.1) is 18.9 Å². The Balaban J connectivity index is 0.000000251. The molecule has 0 bridgehead atoms. The van der Waals surface area contributed by atoms with Crippen LogP contribution in [0, 0.1) is 18.3 Å². The summed E-state index contributed by atoms with van der Waals surface area (Å²) in [5.74, 6) is 0.998. The van der Waals surface area contributed by atoms with Crippen LogP contribution in [0.15, 0.2) is 77.6 Å².